The van der Waals surface area contributed by atoms with Crippen molar-refractivity contribution >= 4 is 13.8 Å². The van der Waals surface area contributed by atoms with E-state index in [1.807, 2.05) is 0 Å². The molecule has 2 unspecified atom stereocenters. The summed E-state index contributed by atoms with van der Waals surface area (Å²) < 4.78 is 31.6. The van der Waals surface area contributed by atoms with Gasteiger partial charge in [0, 0.05) is 7.11 Å². The van der Waals surface area contributed by atoms with Gasteiger partial charge in [0.15, 0.2) is 0 Å². The quantitative estimate of drug-likeness (QED) is 0.0853. The Hall–Kier alpha value is -0.840. The molecule has 202 valence electrons. The van der Waals surface area contributed by atoms with Crippen molar-refractivity contribution < 1.29 is 43.0 Å². The average Bonchev–Trinajstić information content (AvgIpc) is 2.80. The zero-order valence-electron chi connectivity index (χ0n) is 20.8. The molecule has 0 aliphatic heterocycles. The number of carbonyl (C=O) groups is 1. The Bertz CT molecular complexity index is 577. The first-order chi connectivity index (χ1) is 16.2. The van der Waals surface area contributed by atoms with Gasteiger partial charge in [-0.15, -0.1) is 0 Å². The number of hydrogen-bond acceptors (Lipinski definition) is 8. The Morgan fingerprint density at radius 3 is 2.15 bits per heavy atom. The summed E-state index contributed by atoms with van der Waals surface area (Å²) in [4.78, 5) is 20.0. The minimum atomic E-state index is -4.52. The van der Waals surface area contributed by atoms with Gasteiger partial charge in [0.1, 0.15) is 12.1 Å². The van der Waals surface area contributed by atoms with Crippen LogP contribution in [-0.2, 0) is 27.9 Å². The number of ether oxygens (including phenoxy) is 2. The van der Waals surface area contributed by atoms with Gasteiger partial charge in [-0.05, 0) is 32.1 Å². The number of aliphatic hydroxyl groups excluding tert-OH is 1. The summed E-state index contributed by atoms with van der Waals surface area (Å²) in [6.45, 7) is 1.18. The summed E-state index contributed by atoms with van der Waals surface area (Å²) in [5, 5.41) is 18.5. The van der Waals surface area contributed by atoms with Gasteiger partial charge in [0.2, 0.25) is 0 Å². The summed E-state index contributed by atoms with van der Waals surface area (Å²) in [5.74, 6) is -1.37. The molecule has 11 heteroatoms. The van der Waals surface area contributed by atoms with Crippen molar-refractivity contribution in [3.05, 3.63) is 12.2 Å². The van der Waals surface area contributed by atoms with Crippen molar-refractivity contribution in [1.29, 1.82) is 0 Å². The van der Waals surface area contributed by atoms with Gasteiger partial charge in [0.05, 0.1) is 32.5 Å². The molecule has 0 aromatic heterocycles. The molecule has 0 aliphatic rings. The fourth-order valence-electron chi connectivity index (χ4n) is 3.03. The summed E-state index contributed by atoms with van der Waals surface area (Å²) >= 11 is 0. The molecular weight excluding hydrogens is 465 g/mol. The molecule has 0 bridgehead atoms. The molecule has 0 radical (unpaired) electrons. The third-order valence-electron chi connectivity index (χ3n) is 5.15. The monoisotopic (exact) mass is 511 g/mol. The number of aliphatic hydroxyl groups is 1. The number of unbranched alkanes of at least 4 members (excludes halogenated alkanes) is 8. The van der Waals surface area contributed by atoms with Crippen molar-refractivity contribution in [2.24, 2.45) is 5.73 Å². The number of rotatable bonds is 24. The van der Waals surface area contributed by atoms with E-state index in [1.165, 1.54) is 44.9 Å². The lowest BCUT2D eigenvalue weighted by Crippen LogP contribution is -2.34. The minimum Gasteiger partial charge on any atom is -0.480 e. The van der Waals surface area contributed by atoms with E-state index >= 15 is 0 Å². The third-order valence-corrected chi connectivity index (χ3v) is 6.10. The summed E-state index contributed by atoms with van der Waals surface area (Å²) in [6.07, 6.45) is 16.3. The molecule has 0 rings (SSSR count). The number of phosphoric ester groups is 1. The molecular formula is C23H46NO9P. The number of aliphatic carboxylic acids is 1. The molecule has 0 amide bonds. The van der Waals surface area contributed by atoms with Gasteiger partial charge in [-0.1, -0.05) is 57.6 Å². The van der Waals surface area contributed by atoms with Gasteiger partial charge < -0.3 is 30.3 Å². The molecule has 0 aromatic rings. The van der Waals surface area contributed by atoms with E-state index in [0.29, 0.717) is 0 Å². The fraction of sp³-hybridized carbons (Fsp3) is 0.870. The van der Waals surface area contributed by atoms with E-state index in [9.17, 15) is 19.4 Å². The Balaban J connectivity index is 3.81. The van der Waals surface area contributed by atoms with E-state index in [4.69, 9.17) is 20.3 Å². The first-order valence-electron chi connectivity index (χ1n) is 12.3. The van der Waals surface area contributed by atoms with Crippen LogP contribution in [0.1, 0.15) is 77.6 Å². The number of hydrogen-bond donors (Lipinski definition) is 4. The Labute approximate surface area is 204 Å². The van der Waals surface area contributed by atoms with E-state index in [-0.39, 0.29) is 19.3 Å². The van der Waals surface area contributed by atoms with Gasteiger partial charge in [-0.3, -0.25) is 13.8 Å². The summed E-state index contributed by atoms with van der Waals surface area (Å²) in [6, 6.07) is -1.45. The molecule has 4 atom stereocenters. The third kappa shape index (κ3) is 20.5. The van der Waals surface area contributed by atoms with Crippen LogP contribution in [0.15, 0.2) is 12.2 Å². The SMILES string of the molecule is CCCCCCCCC/C=C\CCCC(COC[C@@H](O)COP(=O)(O)OC[C@H](N)C(=O)O)OC. The number of carboxylic acid groups (broad SMARTS) is 1. The molecule has 0 heterocycles. The van der Waals surface area contributed by atoms with Crippen LogP contribution >= 0.6 is 7.82 Å². The second kappa shape index (κ2) is 21.4. The van der Waals surface area contributed by atoms with Crippen LogP contribution in [-0.4, -0.2) is 72.9 Å². The van der Waals surface area contributed by atoms with Crippen LogP contribution in [0.25, 0.3) is 0 Å². The molecule has 5 N–H and O–H groups in total. The molecule has 0 fully saturated rings. The predicted octanol–water partition coefficient (Wildman–Crippen LogP) is 3.79. The van der Waals surface area contributed by atoms with E-state index in [0.717, 1.165) is 25.7 Å². The van der Waals surface area contributed by atoms with Gasteiger partial charge in [-0.2, -0.15) is 0 Å². The second-order valence-corrected chi connectivity index (χ2v) is 9.82. The highest BCUT2D eigenvalue weighted by Crippen LogP contribution is 2.43. The fourth-order valence-corrected chi connectivity index (χ4v) is 3.82. The second-order valence-electron chi connectivity index (χ2n) is 8.37. The number of nitrogens with two attached hydrogens (primary N) is 1. The summed E-state index contributed by atoms with van der Waals surface area (Å²) in [5.41, 5.74) is 5.18. The molecule has 0 aromatic carbocycles. The van der Waals surface area contributed by atoms with Gasteiger partial charge in [0.25, 0.3) is 0 Å². The van der Waals surface area contributed by atoms with Crippen molar-refractivity contribution in [1.82, 2.24) is 0 Å². The lowest BCUT2D eigenvalue weighted by atomic mass is 10.1. The van der Waals surface area contributed by atoms with Crippen molar-refractivity contribution in [3.8, 4) is 0 Å². The average molecular weight is 512 g/mol. The maximum absolute atomic E-state index is 11.7. The summed E-state index contributed by atoms with van der Waals surface area (Å²) in [7, 11) is -2.92. The van der Waals surface area contributed by atoms with Crippen LogP contribution in [0.4, 0.5) is 0 Å². The maximum Gasteiger partial charge on any atom is 0.472 e. The molecule has 0 aliphatic carbocycles. The smallest absolute Gasteiger partial charge is 0.472 e. The lowest BCUT2D eigenvalue weighted by Gasteiger charge is -2.18. The first-order valence-corrected chi connectivity index (χ1v) is 13.7. The maximum atomic E-state index is 11.7. The number of phosphoric acid groups is 1. The van der Waals surface area contributed by atoms with Crippen molar-refractivity contribution in [3.63, 3.8) is 0 Å². The number of allylic oxidation sites excluding steroid dienone is 2. The zero-order chi connectivity index (χ0) is 25.7. The Morgan fingerprint density at radius 2 is 1.53 bits per heavy atom. The highest BCUT2D eigenvalue weighted by molar-refractivity contribution is 7.47. The lowest BCUT2D eigenvalue weighted by molar-refractivity contribution is -0.139. The standard InChI is InChI=1S/C23H46NO9P/c1-3-4-5-6-7-8-9-10-11-12-13-14-15-21(30-2)18-31-16-20(25)17-32-34(28,29)33-19-22(24)23(26)27/h11-12,20-22,25H,3-10,13-19,24H2,1-2H3,(H,26,27)(H,28,29)/b12-11-/t20-,21?,22+/m1/s1. The van der Waals surface area contributed by atoms with E-state index in [2.05, 4.69) is 28.1 Å². The van der Waals surface area contributed by atoms with Crippen LogP contribution in [0.3, 0.4) is 0 Å². The van der Waals surface area contributed by atoms with E-state index < -0.39 is 39.2 Å². The van der Waals surface area contributed by atoms with Crippen LogP contribution in [0, 0.1) is 0 Å². The number of carboxylic acids is 1. The Kier molecular flexibility index (Phi) is 20.9. The minimum absolute atomic E-state index is 0.116. The molecule has 10 nitrogen and oxygen atoms in total. The highest BCUT2D eigenvalue weighted by atomic mass is 31.2. The largest absolute Gasteiger partial charge is 0.480 e. The molecule has 34 heavy (non-hydrogen) atoms. The molecule has 0 saturated carbocycles. The van der Waals surface area contributed by atoms with Crippen LogP contribution < -0.4 is 5.73 Å². The van der Waals surface area contributed by atoms with Crippen molar-refractivity contribution in [2.45, 2.75) is 95.8 Å². The van der Waals surface area contributed by atoms with Crippen molar-refractivity contribution in [2.75, 3.05) is 33.5 Å². The van der Waals surface area contributed by atoms with Crippen LogP contribution in [0.5, 0.6) is 0 Å². The topological polar surface area (TPSA) is 158 Å². The predicted molar refractivity (Wildman–Crippen MR) is 131 cm³/mol. The Morgan fingerprint density at radius 1 is 0.941 bits per heavy atom. The number of methoxy groups -OCH3 is 1. The van der Waals surface area contributed by atoms with Crippen LogP contribution in [0.2, 0.25) is 0 Å². The van der Waals surface area contributed by atoms with Gasteiger partial charge in [-0.25, -0.2) is 4.57 Å². The molecule has 0 spiro atoms. The zero-order valence-corrected chi connectivity index (χ0v) is 21.7. The first kappa shape index (κ1) is 33.2. The van der Waals surface area contributed by atoms with E-state index in [1.54, 1.807) is 7.11 Å². The van der Waals surface area contributed by atoms with Gasteiger partial charge >= 0.3 is 13.8 Å². The normalized spacial score (nSPS) is 16.4. The molecule has 0 saturated heterocycles. The highest BCUT2D eigenvalue weighted by Gasteiger charge is 2.25.